The SMILES string of the molecule is CS/C=C/S(=O)[O-]. The van der Waals surface area contributed by atoms with Gasteiger partial charge in [0.1, 0.15) is 0 Å². The Balaban J connectivity index is 3.26. The molecule has 1 atom stereocenters. The van der Waals surface area contributed by atoms with Crippen molar-refractivity contribution in [2.24, 2.45) is 0 Å². The highest BCUT2D eigenvalue weighted by Gasteiger charge is 1.64. The summed E-state index contributed by atoms with van der Waals surface area (Å²) in [6.45, 7) is 0. The van der Waals surface area contributed by atoms with Crippen LogP contribution in [0.4, 0.5) is 0 Å². The molecule has 0 N–H and O–H groups in total. The van der Waals surface area contributed by atoms with Gasteiger partial charge in [0.25, 0.3) is 0 Å². The van der Waals surface area contributed by atoms with Crippen LogP contribution in [0.5, 0.6) is 0 Å². The lowest BCUT2D eigenvalue weighted by molar-refractivity contribution is 0.546. The fourth-order valence-electron chi connectivity index (χ4n) is 0.101. The fourth-order valence-corrected chi connectivity index (χ4v) is 0.908. The van der Waals surface area contributed by atoms with Gasteiger partial charge in [0, 0.05) is 0 Å². The molecule has 1 unspecified atom stereocenters. The van der Waals surface area contributed by atoms with Crippen LogP contribution in [0.25, 0.3) is 0 Å². The minimum atomic E-state index is -2.02. The van der Waals surface area contributed by atoms with E-state index < -0.39 is 11.1 Å². The second-order valence-electron chi connectivity index (χ2n) is 0.768. The van der Waals surface area contributed by atoms with Crippen molar-refractivity contribution < 1.29 is 8.76 Å². The molecule has 42 valence electrons. The fraction of sp³-hybridized carbons (Fsp3) is 0.333. The zero-order valence-electron chi connectivity index (χ0n) is 3.79. The smallest absolute Gasteiger partial charge is 0.00522 e. The molecule has 0 spiro atoms. The minimum absolute atomic E-state index is 1.10. The zero-order chi connectivity index (χ0) is 5.70. The summed E-state index contributed by atoms with van der Waals surface area (Å²) in [5.41, 5.74) is 0. The summed E-state index contributed by atoms with van der Waals surface area (Å²) < 4.78 is 19.3. The quantitative estimate of drug-likeness (QED) is 0.526. The standard InChI is InChI=1S/C3H6O2S2/c1-6-2-3-7(4)5/h2-3H,1H3,(H,4,5)/p-1/b3-2+. The van der Waals surface area contributed by atoms with E-state index in [0.29, 0.717) is 0 Å². The van der Waals surface area contributed by atoms with Crippen molar-refractivity contribution in [3.63, 3.8) is 0 Å². The third kappa shape index (κ3) is 6.20. The third-order valence-corrected chi connectivity index (χ3v) is 1.24. The molecule has 0 aliphatic carbocycles. The summed E-state index contributed by atoms with van der Waals surface area (Å²) in [4.78, 5) is 0. The Hall–Kier alpha value is 0.200. The summed E-state index contributed by atoms with van der Waals surface area (Å²) >= 11 is -0.660. The first-order valence-corrected chi connectivity index (χ1v) is 3.97. The van der Waals surface area contributed by atoms with E-state index >= 15 is 0 Å². The molecule has 0 aromatic carbocycles. The van der Waals surface area contributed by atoms with Gasteiger partial charge in [0.2, 0.25) is 0 Å². The van der Waals surface area contributed by atoms with Gasteiger partial charge in [-0.25, -0.2) is 0 Å². The van der Waals surface area contributed by atoms with E-state index in [0.717, 1.165) is 5.41 Å². The Morgan fingerprint density at radius 1 is 1.86 bits per heavy atom. The van der Waals surface area contributed by atoms with Crippen LogP contribution >= 0.6 is 11.8 Å². The molecule has 0 radical (unpaired) electrons. The largest absolute Gasteiger partial charge is 0.769 e. The molecule has 0 rings (SSSR count). The normalized spacial score (nSPS) is 15.1. The van der Waals surface area contributed by atoms with Gasteiger partial charge in [0.05, 0.1) is 0 Å². The van der Waals surface area contributed by atoms with E-state index in [1.54, 1.807) is 6.26 Å². The van der Waals surface area contributed by atoms with Gasteiger partial charge in [-0.2, -0.15) is 0 Å². The maximum absolute atomic E-state index is 9.66. The van der Waals surface area contributed by atoms with Crippen molar-refractivity contribution in [3.8, 4) is 0 Å². The summed E-state index contributed by atoms with van der Waals surface area (Å²) in [5, 5.41) is 2.60. The van der Waals surface area contributed by atoms with Crippen LogP contribution in [-0.4, -0.2) is 15.0 Å². The lowest BCUT2D eigenvalue weighted by Crippen LogP contribution is -1.73. The highest BCUT2D eigenvalue weighted by molar-refractivity contribution is 8.02. The van der Waals surface area contributed by atoms with Crippen molar-refractivity contribution in [1.29, 1.82) is 0 Å². The van der Waals surface area contributed by atoms with Crippen molar-refractivity contribution >= 4 is 22.8 Å². The molecule has 7 heavy (non-hydrogen) atoms. The summed E-state index contributed by atoms with van der Waals surface area (Å²) in [5.74, 6) is 0. The first-order chi connectivity index (χ1) is 3.27. The number of hydrogen-bond acceptors (Lipinski definition) is 3. The molecule has 4 heteroatoms. The summed E-state index contributed by atoms with van der Waals surface area (Å²) in [7, 11) is 0. The average molecular weight is 137 g/mol. The molecule has 0 aliphatic rings. The molecule has 0 saturated carbocycles. The molecule has 0 aliphatic heterocycles. The first kappa shape index (κ1) is 7.20. The van der Waals surface area contributed by atoms with Crippen LogP contribution in [0, 0.1) is 0 Å². The van der Waals surface area contributed by atoms with Gasteiger partial charge < -0.3 is 4.55 Å². The zero-order valence-corrected chi connectivity index (χ0v) is 5.42. The molecule has 2 nitrogen and oxygen atoms in total. The predicted octanol–water partition coefficient (Wildman–Crippen LogP) is 0.700. The third-order valence-electron chi connectivity index (χ3n) is 0.303. The van der Waals surface area contributed by atoms with Crippen molar-refractivity contribution in [2.45, 2.75) is 0 Å². The van der Waals surface area contributed by atoms with Crippen LogP contribution in [0.15, 0.2) is 10.8 Å². The highest BCUT2D eigenvalue weighted by Crippen LogP contribution is 1.92. The van der Waals surface area contributed by atoms with E-state index in [1.165, 1.54) is 17.2 Å². The van der Waals surface area contributed by atoms with Gasteiger partial charge in [-0.1, -0.05) is 0 Å². The van der Waals surface area contributed by atoms with Gasteiger partial charge in [-0.3, -0.25) is 4.21 Å². The van der Waals surface area contributed by atoms with Gasteiger partial charge in [-0.15, -0.1) is 11.8 Å². The van der Waals surface area contributed by atoms with Crippen LogP contribution in [0.1, 0.15) is 0 Å². The Morgan fingerprint density at radius 2 is 2.43 bits per heavy atom. The Bertz CT molecular complexity index is 88.9. The van der Waals surface area contributed by atoms with E-state index in [-0.39, 0.29) is 0 Å². The second-order valence-corrected chi connectivity index (χ2v) is 2.31. The van der Waals surface area contributed by atoms with Crippen LogP contribution < -0.4 is 0 Å². The topological polar surface area (TPSA) is 40.1 Å². The Kier molecular flexibility index (Phi) is 4.49. The monoisotopic (exact) mass is 137 g/mol. The maximum Gasteiger partial charge on any atom is -0.00522 e. The average Bonchev–Trinajstić information content (AvgIpc) is 1.61. The molecule has 0 saturated heterocycles. The molecule has 0 aromatic rings. The molecular formula is C3H5O2S2-. The Labute approximate surface area is 49.3 Å². The van der Waals surface area contributed by atoms with Crippen molar-refractivity contribution in [3.05, 3.63) is 10.8 Å². The van der Waals surface area contributed by atoms with Crippen LogP contribution in [0.3, 0.4) is 0 Å². The number of rotatable bonds is 2. The van der Waals surface area contributed by atoms with E-state index in [9.17, 15) is 8.76 Å². The lowest BCUT2D eigenvalue weighted by atomic mass is 11.3. The second kappa shape index (κ2) is 4.36. The van der Waals surface area contributed by atoms with E-state index in [2.05, 4.69) is 0 Å². The molecule has 0 aromatic heterocycles. The molecule has 0 heterocycles. The van der Waals surface area contributed by atoms with Crippen molar-refractivity contribution in [2.75, 3.05) is 6.26 Å². The van der Waals surface area contributed by atoms with Crippen LogP contribution in [-0.2, 0) is 11.1 Å². The number of hydrogen-bond donors (Lipinski definition) is 0. The summed E-state index contributed by atoms with van der Waals surface area (Å²) in [6.07, 6.45) is 1.80. The lowest BCUT2D eigenvalue weighted by Gasteiger charge is -1.91. The maximum atomic E-state index is 9.66. The van der Waals surface area contributed by atoms with Crippen LogP contribution in [0.2, 0.25) is 0 Å². The van der Waals surface area contributed by atoms with Gasteiger partial charge in [-0.05, 0) is 28.2 Å². The minimum Gasteiger partial charge on any atom is -0.769 e. The summed E-state index contributed by atoms with van der Waals surface area (Å²) in [6, 6.07) is 0. The first-order valence-electron chi connectivity index (χ1n) is 1.55. The predicted molar refractivity (Wildman–Crippen MR) is 31.6 cm³/mol. The molecular weight excluding hydrogens is 132 g/mol. The highest BCUT2D eigenvalue weighted by atomic mass is 32.2. The van der Waals surface area contributed by atoms with E-state index in [4.69, 9.17) is 0 Å². The molecule has 0 amide bonds. The molecule has 0 bridgehead atoms. The Morgan fingerprint density at radius 3 is 2.57 bits per heavy atom. The van der Waals surface area contributed by atoms with E-state index in [1.807, 2.05) is 0 Å². The molecule has 0 fully saturated rings. The van der Waals surface area contributed by atoms with Gasteiger partial charge in [0.15, 0.2) is 0 Å². The van der Waals surface area contributed by atoms with Crippen molar-refractivity contribution in [1.82, 2.24) is 0 Å². The van der Waals surface area contributed by atoms with Gasteiger partial charge >= 0.3 is 0 Å². The number of thioether (sulfide) groups is 1.